The smallest absolute Gasteiger partial charge is 0.326 e. The average Bonchev–Trinajstić information content (AvgIpc) is 2.27. The van der Waals surface area contributed by atoms with E-state index in [0.29, 0.717) is 27.9 Å². The summed E-state index contributed by atoms with van der Waals surface area (Å²) in [7, 11) is 0. The molecule has 0 spiro atoms. The van der Waals surface area contributed by atoms with Gasteiger partial charge in [-0.1, -0.05) is 24.9 Å². The van der Waals surface area contributed by atoms with Gasteiger partial charge in [-0.25, -0.2) is 4.79 Å². The van der Waals surface area contributed by atoms with Crippen molar-refractivity contribution in [3.63, 3.8) is 0 Å². The Morgan fingerprint density at radius 2 is 2.17 bits per heavy atom. The second-order valence-electron chi connectivity index (χ2n) is 3.78. The highest BCUT2D eigenvalue weighted by atomic mass is 79.9. The third-order valence-corrected chi connectivity index (χ3v) is 3.25. The molecule has 0 fully saturated rings. The first-order chi connectivity index (χ1) is 8.45. The van der Waals surface area contributed by atoms with Gasteiger partial charge in [-0.15, -0.1) is 0 Å². The topological polar surface area (TPSA) is 66.4 Å². The molecule has 4 nitrogen and oxygen atoms in total. The van der Waals surface area contributed by atoms with Gasteiger partial charge in [0, 0.05) is 9.50 Å². The molecule has 0 saturated carbocycles. The lowest BCUT2D eigenvalue weighted by molar-refractivity contribution is -0.139. The van der Waals surface area contributed by atoms with Crippen molar-refractivity contribution in [3.05, 3.63) is 33.3 Å². The number of carbonyl (C=O) groups excluding carboxylic acids is 1. The molecular weight excluding hydrogens is 321 g/mol. The Morgan fingerprint density at radius 1 is 1.50 bits per heavy atom. The van der Waals surface area contributed by atoms with Crippen LogP contribution in [0.2, 0.25) is 5.02 Å². The Hall–Kier alpha value is -1.07. The Morgan fingerprint density at radius 3 is 2.67 bits per heavy atom. The molecule has 2 N–H and O–H groups in total. The first kappa shape index (κ1) is 15.0. The molecule has 18 heavy (non-hydrogen) atoms. The second kappa shape index (κ2) is 6.75. The van der Waals surface area contributed by atoms with Crippen LogP contribution in [0.3, 0.4) is 0 Å². The molecule has 1 unspecified atom stereocenters. The number of benzene rings is 1. The number of rotatable bonds is 5. The maximum atomic E-state index is 11.9. The summed E-state index contributed by atoms with van der Waals surface area (Å²) in [5.74, 6) is -1.46. The standard InChI is InChI=1S/C12H13BrClNO3/c1-2-3-10(12(17)18)15-11(16)8-5-4-7(14)6-9(8)13/h4-6,10H,2-3H2,1H3,(H,15,16)(H,17,18). The first-order valence-electron chi connectivity index (χ1n) is 5.44. The second-order valence-corrected chi connectivity index (χ2v) is 5.07. The Labute approximate surface area is 118 Å². The number of nitrogens with one attached hydrogen (secondary N) is 1. The number of carbonyl (C=O) groups is 2. The zero-order chi connectivity index (χ0) is 13.7. The number of halogens is 2. The summed E-state index contributed by atoms with van der Waals surface area (Å²) in [6.07, 6.45) is 1.07. The highest BCUT2D eigenvalue weighted by Crippen LogP contribution is 2.21. The van der Waals surface area contributed by atoms with Gasteiger partial charge >= 0.3 is 5.97 Å². The van der Waals surface area contributed by atoms with Gasteiger partial charge in [-0.2, -0.15) is 0 Å². The Bertz CT molecular complexity index is 465. The van der Waals surface area contributed by atoms with E-state index in [2.05, 4.69) is 21.2 Å². The fraction of sp³-hybridized carbons (Fsp3) is 0.333. The minimum atomic E-state index is -1.03. The van der Waals surface area contributed by atoms with Crippen LogP contribution in [-0.4, -0.2) is 23.0 Å². The van der Waals surface area contributed by atoms with E-state index in [-0.39, 0.29) is 0 Å². The number of hydrogen-bond acceptors (Lipinski definition) is 2. The maximum Gasteiger partial charge on any atom is 0.326 e. The molecule has 0 saturated heterocycles. The number of aliphatic carboxylic acids is 1. The molecule has 98 valence electrons. The van der Waals surface area contributed by atoms with E-state index in [1.165, 1.54) is 0 Å². The summed E-state index contributed by atoms with van der Waals surface area (Å²) in [6, 6.07) is 3.85. The van der Waals surface area contributed by atoms with Crippen molar-refractivity contribution in [1.29, 1.82) is 0 Å². The van der Waals surface area contributed by atoms with Gasteiger partial charge in [-0.3, -0.25) is 4.79 Å². The molecule has 0 heterocycles. The molecular formula is C12H13BrClNO3. The summed E-state index contributed by atoms with van der Waals surface area (Å²) in [4.78, 5) is 22.9. The predicted molar refractivity (Wildman–Crippen MR) is 73.0 cm³/mol. The average molecular weight is 335 g/mol. The van der Waals surface area contributed by atoms with Crippen LogP contribution in [0.15, 0.2) is 22.7 Å². The lowest BCUT2D eigenvalue weighted by Gasteiger charge is -2.14. The monoisotopic (exact) mass is 333 g/mol. The number of hydrogen-bond donors (Lipinski definition) is 2. The molecule has 1 amide bonds. The quantitative estimate of drug-likeness (QED) is 0.869. The summed E-state index contributed by atoms with van der Waals surface area (Å²) >= 11 is 8.99. The zero-order valence-electron chi connectivity index (χ0n) is 9.74. The minimum Gasteiger partial charge on any atom is -0.480 e. The molecule has 0 aliphatic carbocycles. The Kier molecular flexibility index (Phi) is 5.62. The number of carboxylic acid groups (broad SMARTS) is 1. The third-order valence-electron chi connectivity index (χ3n) is 2.36. The zero-order valence-corrected chi connectivity index (χ0v) is 12.1. The van der Waals surface area contributed by atoms with Gasteiger partial charge in [-0.05, 0) is 40.5 Å². The number of amides is 1. The molecule has 0 bridgehead atoms. The SMILES string of the molecule is CCCC(NC(=O)c1ccc(Cl)cc1Br)C(=O)O. The normalized spacial score (nSPS) is 11.9. The summed E-state index contributed by atoms with van der Waals surface area (Å²) < 4.78 is 0.535. The summed E-state index contributed by atoms with van der Waals surface area (Å²) in [5, 5.41) is 12.0. The Balaban J connectivity index is 2.83. The van der Waals surface area contributed by atoms with Crippen molar-refractivity contribution >= 4 is 39.4 Å². The maximum absolute atomic E-state index is 11.9. The van der Waals surface area contributed by atoms with E-state index in [1.807, 2.05) is 6.92 Å². The van der Waals surface area contributed by atoms with Gasteiger partial charge in [0.05, 0.1) is 5.56 Å². The highest BCUT2D eigenvalue weighted by Gasteiger charge is 2.20. The van der Waals surface area contributed by atoms with Crippen LogP contribution in [0, 0.1) is 0 Å². The van der Waals surface area contributed by atoms with Crippen LogP contribution < -0.4 is 5.32 Å². The molecule has 1 aromatic carbocycles. The predicted octanol–water partition coefficient (Wildman–Crippen LogP) is 3.09. The van der Waals surface area contributed by atoms with E-state index in [4.69, 9.17) is 16.7 Å². The van der Waals surface area contributed by atoms with Gasteiger partial charge in [0.25, 0.3) is 5.91 Å². The molecule has 1 aromatic rings. The van der Waals surface area contributed by atoms with E-state index in [1.54, 1.807) is 18.2 Å². The lowest BCUT2D eigenvalue weighted by Crippen LogP contribution is -2.40. The van der Waals surface area contributed by atoms with Crippen molar-refractivity contribution in [3.8, 4) is 0 Å². The van der Waals surface area contributed by atoms with E-state index >= 15 is 0 Å². The fourth-order valence-corrected chi connectivity index (χ4v) is 2.32. The highest BCUT2D eigenvalue weighted by molar-refractivity contribution is 9.10. The van der Waals surface area contributed by atoms with Gasteiger partial charge in [0.1, 0.15) is 6.04 Å². The first-order valence-corrected chi connectivity index (χ1v) is 6.61. The minimum absolute atomic E-state index is 0.363. The number of carboxylic acids is 1. The molecule has 6 heteroatoms. The molecule has 0 aromatic heterocycles. The van der Waals surface area contributed by atoms with Crippen molar-refractivity contribution in [2.24, 2.45) is 0 Å². The molecule has 0 radical (unpaired) electrons. The molecule has 1 atom stereocenters. The van der Waals surface area contributed by atoms with Gasteiger partial charge in [0.15, 0.2) is 0 Å². The van der Waals surface area contributed by atoms with Crippen molar-refractivity contribution in [2.45, 2.75) is 25.8 Å². The lowest BCUT2D eigenvalue weighted by atomic mass is 10.1. The van der Waals surface area contributed by atoms with Crippen LogP contribution in [0.5, 0.6) is 0 Å². The van der Waals surface area contributed by atoms with Gasteiger partial charge in [0.2, 0.25) is 0 Å². The van der Waals surface area contributed by atoms with Crippen LogP contribution >= 0.6 is 27.5 Å². The molecule has 1 rings (SSSR count). The van der Waals surface area contributed by atoms with Gasteiger partial charge < -0.3 is 10.4 Å². The van der Waals surface area contributed by atoms with Crippen molar-refractivity contribution in [2.75, 3.05) is 0 Å². The van der Waals surface area contributed by atoms with E-state index < -0.39 is 17.9 Å². The van der Waals surface area contributed by atoms with E-state index in [9.17, 15) is 9.59 Å². The molecule has 0 aliphatic heterocycles. The summed E-state index contributed by atoms with van der Waals surface area (Å²) in [5.41, 5.74) is 0.363. The third kappa shape index (κ3) is 3.99. The van der Waals surface area contributed by atoms with E-state index in [0.717, 1.165) is 0 Å². The summed E-state index contributed by atoms with van der Waals surface area (Å²) in [6.45, 7) is 1.86. The van der Waals surface area contributed by atoms with Crippen molar-refractivity contribution < 1.29 is 14.7 Å². The van der Waals surface area contributed by atoms with Crippen LogP contribution in [0.1, 0.15) is 30.1 Å². The fourth-order valence-electron chi connectivity index (χ4n) is 1.46. The van der Waals surface area contributed by atoms with Crippen molar-refractivity contribution in [1.82, 2.24) is 5.32 Å². The van der Waals surface area contributed by atoms with Crippen LogP contribution in [-0.2, 0) is 4.79 Å². The molecule has 0 aliphatic rings. The van der Waals surface area contributed by atoms with Crippen LogP contribution in [0.25, 0.3) is 0 Å². The largest absolute Gasteiger partial charge is 0.480 e. The van der Waals surface area contributed by atoms with Crippen LogP contribution in [0.4, 0.5) is 0 Å².